The third-order valence-corrected chi connectivity index (χ3v) is 7.45. The molecule has 0 aliphatic heterocycles. The van der Waals surface area contributed by atoms with Crippen molar-refractivity contribution in [3.63, 3.8) is 0 Å². The molecular weight excluding hydrogens is 272 g/mol. The molecule has 0 bridgehead atoms. The minimum atomic E-state index is -0.397. The summed E-state index contributed by atoms with van der Waals surface area (Å²) in [7, 11) is 0. The van der Waals surface area contributed by atoms with Gasteiger partial charge in [0.05, 0.1) is 6.10 Å². The van der Waals surface area contributed by atoms with Crippen LogP contribution < -0.4 is 0 Å². The Morgan fingerprint density at radius 3 is 2.77 bits per heavy atom. The molecule has 4 unspecified atom stereocenters. The van der Waals surface area contributed by atoms with Gasteiger partial charge in [-0.25, -0.2) is 0 Å². The van der Waals surface area contributed by atoms with Gasteiger partial charge in [-0.3, -0.25) is 0 Å². The molecule has 4 rings (SSSR count). The van der Waals surface area contributed by atoms with E-state index in [-0.39, 0.29) is 5.75 Å². The number of aromatic hydroxyl groups is 1. The molecule has 2 N–H and O–H groups in total. The Labute approximate surface area is 133 Å². The van der Waals surface area contributed by atoms with E-state index in [1.807, 2.05) is 0 Å². The van der Waals surface area contributed by atoms with Crippen molar-refractivity contribution < 1.29 is 10.2 Å². The molecule has 0 heterocycles. The molecular formula is C20H28O2. The number of phenols is 1. The average molecular weight is 300 g/mol. The predicted molar refractivity (Wildman–Crippen MR) is 87.8 cm³/mol. The molecule has 0 aromatic heterocycles. The van der Waals surface area contributed by atoms with Crippen LogP contribution in [-0.2, 0) is 0 Å². The normalized spacial score (nSPS) is 43.3. The van der Waals surface area contributed by atoms with Gasteiger partial charge < -0.3 is 10.2 Å². The van der Waals surface area contributed by atoms with Crippen molar-refractivity contribution in [1.29, 1.82) is 0 Å². The summed E-state index contributed by atoms with van der Waals surface area (Å²) < 4.78 is 0. The highest BCUT2D eigenvalue weighted by Crippen LogP contribution is 2.64. The Bertz CT molecular complexity index is 581. The highest BCUT2D eigenvalue weighted by atomic mass is 16.3. The van der Waals surface area contributed by atoms with Crippen molar-refractivity contribution in [3.05, 3.63) is 29.3 Å². The highest BCUT2D eigenvalue weighted by molar-refractivity contribution is 5.41. The SMILES string of the molecule is CCC1CCC2C3C[C@@H](O)c4cc(O)ccc4C3CC[C@]12C. The molecule has 3 aliphatic rings. The molecule has 3 aliphatic carbocycles. The molecule has 120 valence electrons. The first-order valence-electron chi connectivity index (χ1n) is 9.05. The maximum absolute atomic E-state index is 10.6. The fraction of sp³-hybridized carbons (Fsp3) is 0.700. The second kappa shape index (κ2) is 4.99. The van der Waals surface area contributed by atoms with Crippen LogP contribution in [0.3, 0.4) is 0 Å². The quantitative estimate of drug-likeness (QED) is 0.784. The first-order chi connectivity index (χ1) is 10.5. The van der Waals surface area contributed by atoms with E-state index in [1.54, 1.807) is 12.1 Å². The summed E-state index contributed by atoms with van der Waals surface area (Å²) in [6.07, 6.45) is 7.09. The zero-order valence-electron chi connectivity index (χ0n) is 13.8. The summed E-state index contributed by atoms with van der Waals surface area (Å²) in [6.45, 7) is 4.87. The number of benzene rings is 1. The van der Waals surface area contributed by atoms with Gasteiger partial charge in [0.1, 0.15) is 5.75 Å². The van der Waals surface area contributed by atoms with E-state index in [0.717, 1.165) is 23.8 Å². The first kappa shape index (κ1) is 14.6. The first-order valence-corrected chi connectivity index (χ1v) is 9.05. The number of hydrogen-bond donors (Lipinski definition) is 2. The summed E-state index contributed by atoms with van der Waals surface area (Å²) in [4.78, 5) is 0. The molecule has 6 atom stereocenters. The summed E-state index contributed by atoms with van der Waals surface area (Å²) in [5.74, 6) is 3.14. The standard InChI is InChI=1S/C20H28O2/c1-3-12-4-7-18-16-11-19(22)17-10-13(21)5-6-14(17)15(16)8-9-20(12,18)2/h5-6,10,12,15-16,18-19,21-22H,3-4,7-9,11H2,1-2H3/t12?,15?,16?,18?,19-,20-/m1/s1. The lowest BCUT2D eigenvalue weighted by atomic mass is 9.53. The molecule has 2 nitrogen and oxygen atoms in total. The molecule has 0 radical (unpaired) electrons. The van der Waals surface area contributed by atoms with Crippen LogP contribution in [0, 0.1) is 23.2 Å². The second-order valence-corrected chi connectivity index (χ2v) is 8.17. The van der Waals surface area contributed by atoms with Gasteiger partial charge in [0.25, 0.3) is 0 Å². The summed E-state index contributed by atoms with van der Waals surface area (Å²) in [5.41, 5.74) is 2.78. The van der Waals surface area contributed by atoms with E-state index in [1.165, 1.54) is 37.7 Å². The number of aliphatic hydroxyl groups excluding tert-OH is 1. The summed E-state index contributed by atoms with van der Waals surface area (Å²) in [6, 6.07) is 5.65. The molecule has 0 spiro atoms. The Morgan fingerprint density at radius 1 is 1.18 bits per heavy atom. The monoisotopic (exact) mass is 300 g/mol. The van der Waals surface area contributed by atoms with Crippen LogP contribution in [0.5, 0.6) is 5.75 Å². The van der Waals surface area contributed by atoms with Gasteiger partial charge in [0, 0.05) is 0 Å². The lowest BCUT2D eigenvalue weighted by Gasteiger charge is -2.51. The molecule has 2 heteroatoms. The molecule has 2 fully saturated rings. The third-order valence-electron chi connectivity index (χ3n) is 7.45. The van der Waals surface area contributed by atoms with Crippen molar-refractivity contribution in [2.75, 3.05) is 0 Å². The molecule has 1 aromatic rings. The van der Waals surface area contributed by atoms with E-state index < -0.39 is 6.10 Å². The molecule has 2 saturated carbocycles. The van der Waals surface area contributed by atoms with E-state index in [4.69, 9.17) is 0 Å². The van der Waals surface area contributed by atoms with Crippen LogP contribution >= 0.6 is 0 Å². The lowest BCUT2D eigenvalue weighted by Crippen LogP contribution is -2.42. The summed E-state index contributed by atoms with van der Waals surface area (Å²) in [5, 5.41) is 20.4. The van der Waals surface area contributed by atoms with Gasteiger partial charge in [-0.2, -0.15) is 0 Å². The Balaban J connectivity index is 1.72. The van der Waals surface area contributed by atoms with Crippen molar-refractivity contribution >= 4 is 0 Å². The lowest BCUT2D eigenvalue weighted by molar-refractivity contribution is -0.00231. The van der Waals surface area contributed by atoms with Gasteiger partial charge in [-0.05, 0) is 84.5 Å². The molecule has 22 heavy (non-hydrogen) atoms. The van der Waals surface area contributed by atoms with E-state index in [2.05, 4.69) is 19.9 Å². The fourth-order valence-corrected chi connectivity index (χ4v) is 6.35. The third kappa shape index (κ3) is 1.89. The zero-order valence-corrected chi connectivity index (χ0v) is 13.8. The van der Waals surface area contributed by atoms with Gasteiger partial charge in [0.2, 0.25) is 0 Å². The minimum absolute atomic E-state index is 0.281. The smallest absolute Gasteiger partial charge is 0.115 e. The van der Waals surface area contributed by atoms with Crippen LogP contribution in [0.15, 0.2) is 18.2 Å². The topological polar surface area (TPSA) is 40.5 Å². The Kier molecular flexibility index (Phi) is 3.30. The van der Waals surface area contributed by atoms with Crippen LogP contribution in [0.2, 0.25) is 0 Å². The average Bonchev–Trinajstić information content (AvgIpc) is 2.84. The number of fused-ring (bicyclic) bond motifs is 5. The second-order valence-electron chi connectivity index (χ2n) is 8.17. The van der Waals surface area contributed by atoms with Crippen molar-refractivity contribution in [3.8, 4) is 5.75 Å². The molecule has 0 saturated heterocycles. The predicted octanol–water partition coefficient (Wildman–Crippen LogP) is 4.77. The van der Waals surface area contributed by atoms with Crippen LogP contribution in [0.4, 0.5) is 0 Å². The minimum Gasteiger partial charge on any atom is -0.508 e. The highest BCUT2D eigenvalue weighted by Gasteiger charge is 2.54. The number of phenolic OH excluding ortho intramolecular Hbond substituents is 1. The van der Waals surface area contributed by atoms with Gasteiger partial charge >= 0.3 is 0 Å². The van der Waals surface area contributed by atoms with Crippen LogP contribution in [0.25, 0.3) is 0 Å². The maximum atomic E-state index is 10.6. The van der Waals surface area contributed by atoms with Crippen molar-refractivity contribution in [2.45, 2.75) is 64.4 Å². The Hall–Kier alpha value is -1.02. The van der Waals surface area contributed by atoms with Gasteiger partial charge in [0.15, 0.2) is 0 Å². The fourth-order valence-electron chi connectivity index (χ4n) is 6.35. The van der Waals surface area contributed by atoms with E-state index >= 15 is 0 Å². The number of aliphatic hydroxyl groups is 1. The summed E-state index contributed by atoms with van der Waals surface area (Å²) >= 11 is 0. The molecule has 1 aromatic carbocycles. The maximum Gasteiger partial charge on any atom is 0.115 e. The Morgan fingerprint density at radius 2 is 2.00 bits per heavy atom. The number of rotatable bonds is 1. The zero-order chi connectivity index (χ0) is 15.5. The largest absolute Gasteiger partial charge is 0.508 e. The van der Waals surface area contributed by atoms with Crippen molar-refractivity contribution in [1.82, 2.24) is 0 Å². The molecule has 0 amide bonds. The van der Waals surface area contributed by atoms with Crippen molar-refractivity contribution in [2.24, 2.45) is 23.2 Å². The van der Waals surface area contributed by atoms with E-state index in [0.29, 0.717) is 17.3 Å². The van der Waals surface area contributed by atoms with Gasteiger partial charge in [-0.15, -0.1) is 0 Å². The van der Waals surface area contributed by atoms with Gasteiger partial charge in [-0.1, -0.05) is 26.3 Å². The van der Waals surface area contributed by atoms with E-state index in [9.17, 15) is 10.2 Å². The van der Waals surface area contributed by atoms with Crippen LogP contribution in [-0.4, -0.2) is 10.2 Å². The van der Waals surface area contributed by atoms with Crippen LogP contribution in [0.1, 0.15) is 75.5 Å². The number of hydrogen-bond acceptors (Lipinski definition) is 2.